The lowest BCUT2D eigenvalue weighted by Gasteiger charge is -2.39. The van der Waals surface area contributed by atoms with E-state index in [0.717, 1.165) is 62.0 Å². The van der Waals surface area contributed by atoms with Gasteiger partial charge in [-0.15, -0.1) is 0 Å². The molecule has 290 valence electrons. The topological polar surface area (TPSA) is 55.7 Å². The minimum atomic E-state index is -3.03. The standard InChI is InChI=1S/C55H44N3OP/c59-60(49-19-7-2-8-20-49,50-21-9-3-10-22-50)51-35-29-42(30-36-51)41-25-31-47(32-26-41)55(37-13-4-14-38-55)48-33-27-44(28-34-48)53-56-52(43-16-5-1-6-17-43)57-54(58-53)46-24-23-40-15-11-12-18-45(40)39-46/h1-3,5-12,15-36,39H,4,13-14,37-38H2. The van der Waals surface area contributed by atoms with Crippen molar-refractivity contribution in [2.24, 2.45) is 0 Å². The van der Waals surface area contributed by atoms with Crippen molar-refractivity contribution in [2.45, 2.75) is 37.5 Å². The first-order valence-corrected chi connectivity index (χ1v) is 22.6. The second-order valence-corrected chi connectivity index (χ2v) is 18.6. The van der Waals surface area contributed by atoms with E-state index in [2.05, 4.69) is 115 Å². The van der Waals surface area contributed by atoms with Crippen LogP contribution in [0.25, 0.3) is 56.1 Å². The van der Waals surface area contributed by atoms with Gasteiger partial charge in [-0.05, 0) is 51.9 Å². The summed E-state index contributed by atoms with van der Waals surface area (Å²) in [5, 5.41) is 4.86. The Labute approximate surface area is 352 Å². The zero-order valence-corrected chi connectivity index (χ0v) is 34.3. The molecule has 9 aromatic rings. The Bertz CT molecular complexity index is 2900. The summed E-state index contributed by atoms with van der Waals surface area (Å²) in [6.45, 7) is 0. The highest BCUT2D eigenvalue weighted by molar-refractivity contribution is 7.85. The highest BCUT2D eigenvalue weighted by atomic mass is 31.2. The van der Waals surface area contributed by atoms with Gasteiger partial charge in [0.2, 0.25) is 0 Å². The maximum absolute atomic E-state index is 14.9. The molecule has 8 aromatic carbocycles. The van der Waals surface area contributed by atoms with Crippen LogP contribution in [0.3, 0.4) is 0 Å². The van der Waals surface area contributed by atoms with Crippen molar-refractivity contribution in [3.63, 3.8) is 0 Å². The van der Waals surface area contributed by atoms with Gasteiger partial charge in [-0.1, -0.05) is 219 Å². The van der Waals surface area contributed by atoms with Crippen LogP contribution in [0.5, 0.6) is 0 Å². The molecule has 1 saturated carbocycles. The van der Waals surface area contributed by atoms with E-state index in [9.17, 15) is 4.57 Å². The van der Waals surface area contributed by atoms with Gasteiger partial charge in [0, 0.05) is 38.0 Å². The fraction of sp³-hybridized carbons (Fsp3) is 0.109. The quantitative estimate of drug-likeness (QED) is 0.137. The lowest BCUT2D eigenvalue weighted by atomic mass is 9.65. The molecule has 5 heteroatoms. The molecule has 60 heavy (non-hydrogen) atoms. The minimum absolute atomic E-state index is 0.0816. The molecule has 0 atom stereocenters. The van der Waals surface area contributed by atoms with E-state index in [-0.39, 0.29) is 5.41 Å². The second kappa shape index (κ2) is 16.1. The molecule has 1 aliphatic carbocycles. The maximum Gasteiger partial charge on any atom is 0.171 e. The van der Waals surface area contributed by atoms with E-state index < -0.39 is 7.14 Å². The second-order valence-electron chi connectivity index (χ2n) is 15.9. The van der Waals surface area contributed by atoms with E-state index in [1.165, 1.54) is 35.8 Å². The van der Waals surface area contributed by atoms with E-state index >= 15 is 0 Å². The molecule has 0 saturated heterocycles. The summed E-state index contributed by atoms with van der Waals surface area (Å²) in [7, 11) is -3.03. The van der Waals surface area contributed by atoms with E-state index in [1.54, 1.807) is 0 Å². The number of hydrogen-bond donors (Lipinski definition) is 0. The van der Waals surface area contributed by atoms with Gasteiger partial charge >= 0.3 is 0 Å². The van der Waals surface area contributed by atoms with Crippen LogP contribution in [-0.4, -0.2) is 15.0 Å². The van der Waals surface area contributed by atoms with Gasteiger partial charge in [0.25, 0.3) is 0 Å². The smallest absolute Gasteiger partial charge is 0.171 e. The van der Waals surface area contributed by atoms with Crippen LogP contribution in [0, 0.1) is 0 Å². The van der Waals surface area contributed by atoms with Gasteiger partial charge in [0.1, 0.15) is 0 Å². The normalized spacial score (nSPS) is 13.9. The molecule has 0 unspecified atom stereocenters. The maximum atomic E-state index is 14.9. The van der Waals surface area contributed by atoms with Gasteiger partial charge in [0.05, 0.1) is 0 Å². The molecule has 0 amide bonds. The average Bonchev–Trinajstić information content (AvgIpc) is 3.34. The van der Waals surface area contributed by atoms with Crippen molar-refractivity contribution in [3.8, 4) is 45.3 Å². The van der Waals surface area contributed by atoms with Crippen LogP contribution in [0.15, 0.2) is 206 Å². The van der Waals surface area contributed by atoms with Crippen LogP contribution >= 0.6 is 7.14 Å². The Morgan fingerprint density at radius 3 is 1.30 bits per heavy atom. The summed E-state index contributed by atoms with van der Waals surface area (Å²) in [5.41, 5.74) is 7.73. The molecule has 0 bridgehead atoms. The van der Waals surface area contributed by atoms with E-state index in [1.807, 2.05) is 91.0 Å². The fourth-order valence-electron chi connectivity index (χ4n) is 9.09. The van der Waals surface area contributed by atoms with Crippen molar-refractivity contribution in [1.29, 1.82) is 0 Å². The number of nitrogens with zero attached hydrogens (tertiary/aromatic N) is 3. The number of hydrogen-bond acceptors (Lipinski definition) is 4. The SMILES string of the molecule is O=P(c1ccccc1)(c1ccccc1)c1ccc(-c2ccc(C3(c4ccc(-c5nc(-c6ccccc6)nc(-c6ccc7ccccc7c6)n5)cc4)CCCCC3)cc2)cc1. The Morgan fingerprint density at radius 1 is 0.350 bits per heavy atom. The third-order valence-electron chi connectivity index (χ3n) is 12.3. The van der Waals surface area contributed by atoms with Crippen LogP contribution in [0.1, 0.15) is 43.2 Å². The molecule has 1 heterocycles. The van der Waals surface area contributed by atoms with Gasteiger partial charge in [-0.3, -0.25) is 0 Å². The van der Waals surface area contributed by atoms with Gasteiger partial charge in [0.15, 0.2) is 24.6 Å². The van der Waals surface area contributed by atoms with Gasteiger partial charge < -0.3 is 4.57 Å². The summed E-state index contributed by atoms with van der Waals surface area (Å²) in [6, 6.07) is 71.2. The van der Waals surface area contributed by atoms with Gasteiger partial charge in [-0.2, -0.15) is 0 Å². The number of benzene rings is 8. The molecular weight excluding hydrogens is 750 g/mol. The summed E-state index contributed by atoms with van der Waals surface area (Å²) in [4.78, 5) is 15.1. The summed E-state index contributed by atoms with van der Waals surface area (Å²) in [5.74, 6) is 1.98. The van der Waals surface area contributed by atoms with Crippen molar-refractivity contribution in [2.75, 3.05) is 0 Å². The first kappa shape index (κ1) is 37.5. The lowest BCUT2D eigenvalue weighted by molar-refractivity contribution is 0.346. The highest BCUT2D eigenvalue weighted by Gasteiger charge is 2.36. The monoisotopic (exact) mass is 793 g/mol. The molecule has 1 aromatic heterocycles. The Balaban J connectivity index is 0.963. The lowest BCUT2D eigenvalue weighted by Crippen LogP contribution is -2.30. The first-order chi connectivity index (χ1) is 29.6. The third kappa shape index (κ3) is 7.08. The van der Waals surface area contributed by atoms with Crippen LogP contribution in [0.4, 0.5) is 0 Å². The molecule has 0 spiro atoms. The molecular formula is C55H44N3OP. The Kier molecular flexibility index (Phi) is 10.1. The fourth-order valence-corrected chi connectivity index (χ4v) is 11.7. The predicted octanol–water partition coefficient (Wildman–Crippen LogP) is 12.6. The zero-order valence-electron chi connectivity index (χ0n) is 33.4. The molecule has 10 rings (SSSR count). The van der Waals surface area contributed by atoms with Crippen molar-refractivity contribution < 1.29 is 4.57 Å². The average molecular weight is 794 g/mol. The first-order valence-electron chi connectivity index (χ1n) is 20.9. The number of aromatic nitrogens is 3. The van der Waals surface area contributed by atoms with Crippen LogP contribution < -0.4 is 15.9 Å². The van der Waals surface area contributed by atoms with E-state index in [4.69, 9.17) is 15.0 Å². The predicted molar refractivity (Wildman–Crippen MR) is 249 cm³/mol. The van der Waals surface area contributed by atoms with E-state index in [0.29, 0.717) is 17.5 Å². The summed E-state index contributed by atoms with van der Waals surface area (Å²) >= 11 is 0. The van der Waals surface area contributed by atoms with Gasteiger partial charge in [-0.25, -0.2) is 15.0 Å². The summed E-state index contributed by atoms with van der Waals surface area (Å²) < 4.78 is 14.9. The number of rotatable bonds is 9. The molecule has 4 nitrogen and oxygen atoms in total. The zero-order chi connectivity index (χ0) is 40.4. The van der Waals surface area contributed by atoms with Crippen molar-refractivity contribution in [3.05, 3.63) is 217 Å². The minimum Gasteiger partial charge on any atom is -0.309 e. The molecule has 1 aliphatic rings. The molecule has 1 fully saturated rings. The molecule has 0 aliphatic heterocycles. The summed E-state index contributed by atoms with van der Waals surface area (Å²) in [6.07, 6.45) is 5.84. The number of fused-ring (bicyclic) bond motifs is 1. The van der Waals surface area contributed by atoms with Crippen molar-refractivity contribution >= 4 is 33.8 Å². The highest BCUT2D eigenvalue weighted by Crippen LogP contribution is 2.46. The third-order valence-corrected chi connectivity index (χ3v) is 15.4. The largest absolute Gasteiger partial charge is 0.309 e. The van der Waals surface area contributed by atoms with Crippen molar-refractivity contribution in [1.82, 2.24) is 15.0 Å². The molecule has 0 N–H and O–H groups in total. The molecule has 0 radical (unpaired) electrons. The van der Waals surface area contributed by atoms with Crippen LogP contribution in [0.2, 0.25) is 0 Å². The Morgan fingerprint density at radius 2 is 0.750 bits per heavy atom. The van der Waals surface area contributed by atoms with Crippen LogP contribution in [-0.2, 0) is 9.98 Å². The Hall–Kier alpha value is -6.74.